The first-order chi connectivity index (χ1) is 5.47. The zero-order valence-electron chi connectivity index (χ0n) is 6.23. The van der Waals surface area contributed by atoms with Gasteiger partial charge in [0, 0.05) is 0 Å². The first kappa shape index (κ1) is 6.62. The molecule has 0 bridgehead atoms. The molecule has 0 saturated carbocycles. The summed E-state index contributed by atoms with van der Waals surface area (Å²) in [6.45, 7) is 0.750. The number of ether oxygens (including phenoxy) is 1. The first-order valence-corrected chi connectivity index (χ1v) is 3.80. The van der Waals surface area contributed by atoms with Gasteiger partial charge in [-0.05, 0) is 5.56 Å². The summed E-state index contributed by atoms with van der Waals surface area (Å²) in [6.07, 6.45) is 4.34. The third kappa shape index (κ3) is 1.33. The summed E-state index contributed by atoms with van der Waals surface area (Å²) < 4.78 is 5.43. The van der Waals surface area contributed by atoms with Crippen LogP contribution in [0.2, 0.25) is 0 Å². The highest BCUT2D eigenvalue weighted by atomic mass is 16.5. The second-order valence-corrected chi connectivity index (χ2v) is 2.59. The molecule has 1 aromatic rings. The van der Waals surface area contributed by atoms with E-state index in [1.165, 1.54) is 5.56 Å². The molecule has 1 nitrogen and oxygen atoms in total. The number of hydrogen-bond donors (Lipinski definition) is 0. The van der Waals surface area contributed by atoms with Crippen molar-refractivity contribution >= 4 is 0 Å². The van der Waals surface area contributed by atoms with Crippen LogP contribution in [0.15, 0.2) is 42.5 Å². The van der Waals surface area contributed by atoms with Gasteiger partial charge in [0.05, 0.1) is 6.61 Å². The van der Waals surface area contributed by atoms with Crippen molar-refractivity contribution in [3.05, 3.63) is 48.0 Å². The van der Waals surface area contributed by atoms with Gasteiger partial charge in [0.25, 0.3) is 0 Å². The van der Waals surface area contributed by atoms with E-state index in [0.717, 1.165) is 6.61 Å². The summed E-state index contributed by atoms with van der Waals surface area (Å²) >= 11 is 0. The summed E-state index contributed by atoms with van der Waals surface area (Å²) in [5, 5.41) is 0. The minimum atomic E-state index is 0.191. The third-order valence-corrected chi connectivity index (χ3v) is 1.81. The van der Waals surface area contributed by atoms with Crippen molar-refractivity contribution in [2.45, 2.75) is 6.10 Å². The van der Waals surface area contributed by atoms with Crippen molar-refractivity contribution < 1.29 is 4.74 Å². The topological polar surface area (TPSA) is 9.23 Å². The Balaban J connectivity index is 2.23. The van der Waals surface area contributed by atoms with Crippen molar-refractivity contribution in [1.29, 1.82) is 0 Å². The highest BCUT2D eigenvalue weighted by Gasteiger charge is 2.10. The molecule has 0 amide bonds. The third-order valence-electron chi connectivity index (χ3n) is 1.81. The van der Waals surface area contributed by atoms with E-state index in [0.29, 0.717) is 0 Å². The summed E-state index contributed by atoms with van der Waals surface area (Å²) in [5.41, 5.74) is 1.24. The molecule has 0 aliphatic carbocycles. The van der Waals surface area contributed by atoms with Crippen LogP contribution in [-0.4, -0.2) is 6.61 Å². The zero-order valence-corrected chi connectivity index (χ0v) is 6.23. The fraction of sp³-hybridized carbons (Fsp3) is 0.200. The Morgan fingerprint density at radius 2 is 2.00 bits per heavy atom. The van der Waals surface area contributed by atoms with Crippen LogP contribution in [-0.2, 0) is 4.74 Å². The largest absolute Gasteiger partial charge is 0.365 e. The molecule has 1 heteroatoms. The Hall–Kier alpha value is -1.08. The average molecular weight is 146 g/mol. The standard InChI is InChI=1S/C10H10O/c1-2-5-9(6-3-1)10-7-4-8-11-10/h1-7,10H,8H2/t10-/m0/s1. The number of benzene rings is 1. The summed E-state index contributed by atoms with van der Waals surface area (Å²) in [7, 11) is 0. The van der Waals surface area contributed by atoms with E-state index in [1.54, 1.807) is 0 Å². The quantitative estimate of drug-likeness (QED) is 0.552. The monoisotopic (exact) mass is 146 g/mol. The van der Waals surface area contributed by atoms with Gasteiger partial charge < -0.3 is 4.74 Å². The van der Waals surface area contributed by atoms with Gasteiger partial charge >= 0.3 is 0 Å². The lowest BCUT2D eigenvalue weighted by Gasteiger charge is -2.06. The predicted molar refractivity (Wildman–Crippen MR) is 44.3 cm³/mol. The fourth-order valence-corrected chi connectivity index (χ4v) is 1.24. The Morgan fingerprint density at radius 1 is 1.18 bits per heavy atom. The van der Waals surface area contributed by atoms with E-state index in [4.69, 9.17) is 4.74 Å². The van der Waals surface area contributed by atoms with Gasteiger partial charge in [-0.1, -0.05) is 42.5 Å². The van der Waals surface area contributed by atoms with Crippen molar-refractivity contribution in [1.82, 2.24) is 0 Å². The fourth-order valence-electron chi connectivity index (χ4n) is 1.24. The van der Waals surface area contributed by atoms with E-state index in [2.05, 4.69) is 24.3 Å². The Bertz CT molecular complexity index is 251. The number of hydrogen-bond acceptors (Lipinski definition) is 1. The van der Waals surface area contributed by atoms with E-state index in [1.807, 2.05) is 18.2 Å². The Labute approximate surface area is 66.3 Å². The normalized spacial score (nSPS) is 22.4. The van der Waals surface area contributed by atoms with Gasteiger partial charge in [0.1, 0.15) is 6.10 Å². The molecule has 0 spiro atoms. The average Bonchev–Trinajstić information content (AvgIpc) is 2.58. The molecule has 1 aromatic carbocycles. The van der Waals surface area contributed by atoms with Crippen LogP contribution in [0.3, 0.4) is 0 Å². The van der Waals surface area contributed by atoms with Gasteiger partial charge in [0.2, 0.25) is 0 Å². The lowest BCUT2D eigenvalue weighted by Crippen LogP contribution is -1.94. The minimum Gasteiger partial charge on any atom is -0.365 e. The van der Waals surface area contributed by atoms with E-state index < -0.39 is 0 Å². The summed E-state index contributed by atoms with van der Waals surface area (Å²) in [4.78, 5) is 0. The van der Waals surface area contributed by atoms with Crippen LogP contribution in [0.4, 0.5) is 0 Å². The second kappa shape index (κ2) is 2.89. The van der Waals surface area contributed by atoms with Crippen molar-refractivity contribution in [3.8, 4) is 0 Å². The predicted octanol–water partition coefficient (Wildman–Crippen LogP) is 2.31. The lowest BCUT2D eigenvalue weighted by atomic mass is 10.1. The molecule has 1 atom stereocenters. The summed E-state index contributed by atoms with van der Waals surface area (Å²) in [6, 6.07) is 10.2. The molecule has 2 rings (SSSR count). The zero-order chi connectivity index (χ0) is 7.52. The van der Waals surface area contributed by atoms with Gasteiger partial charge in [0.15, 0.2) is 0 Å². The maximum atomic E-state index is 5.43. The molecule has 0 N–H and O–H groups in total. The maximum absolute atomic E-state index is 5.43. The second-order valence-electron chi connectivity index (χ2n) is 2.59. The molecule has 1 heterocycles. The Morgan fingerprint density at radius 3 is 2.64 bits per heavy atom. The summed E-state index contributed by atoms with van der Waals surface area (Å²) in [5.74, 6) is 0. The lowest BCUT2D eigenvalue weighted by molar-refractivity contribution is 0.129. The molecule has 56 valence electrons. The van der Waals surface area contributed by atoms with Crippen molar-refractivity contribution in [3.63, 3.8) is 0 Å². The van der Waals surface area contributed by atoms with Gasteiger partial charge in [-0.2, -0.15) is 0 Å². The Kier molecular flexibility index (Phi) is 1.74. The molecule has 0 saturated heterocycles. The van der Waals surface area contributed by atoms with Crippen LogP contribution in [0, 0.1) is 0 Å². The minimum absolute atomic E-state index is 0.191. The molecule has 0 fully saturated rings. The molecule has 11 heavy (non-hydrogen) atoms. The van der Waals surface area contributed by atoms with Crippen molar-refractivity contribution in [2.24, 2.45) is 0 Å². The SMILES string of the molecule is C1=C[C@@H](c2ccccc2)OC1. The molecule has 1 aliphatic rings. The van der Waals surface area contributed by atoms with Crippen LogP contribution in [0.5, 0.6) is 0 Å². The van der Waals surface area contributed by atoms with Crippen LogP contribution >= 0.6 is 0 Å². The molecular weight excluding hydrogens is 136 g/mol. The van der Waals surface area contributed by atoms with E-state index in [9.17, 15) is 0 Å². The molecule has 1 aliphatic heterocycles. The van der Waals surface area contributed by atoms with Crippen LogP contribution in [0.25, 0.3) is 0 Å². The highest BCUT2D eigenvalue weighted by molar-refractivity contribution is 5.22. The highest BCUT2D eigenvalue weighted by Crippen LogP contribution is 2.21. The van der Waals surface area contributed by atoms with Crippen LogP contribution in [0.1, 0.15) is 11.7 Å². The van der Waals surface area contributed by atoms with Crippen molar-refractivity contribution in [2.75, 3.05) is 6.61 Å². The number of rotatable bonds is 1. The van der Waals surface area contributed by atoms with Gasteiger partial charge in [-0.25, -0.2) is 0 Å². The molecule has 0 radical (unpaired) electrons. The molecular formula is C10H10O. The maximum Gasteiger partial charge on any atom is 0.101 e. The van der Waals surface area contributed by atoms with Crippen LogP contribution < -0.4 is 0 Å². The molecule has 0 unspecified atom stereocenters. The first-order valence-electron chi connectivity index (χ1n) is 3.80. The van der Waals surface area contributed by atoms with Gasteiger partial charge in [-0.3, -0.25) is 0 Å². The smallest absolute Gasteiger partial charge is 0.101 e. The van der Waals surface area contributed by atoms with E-state index >= 15 is 0 Å². The molecule has 0 aromatic heterocycles. The van der Waals surface area contributed by atoms with E-state index in [-0.39, 0.29) is 6.10 Å². The van der Waals surface area contributed by atoms with Gasteiger partial charge in [-0.15, -0.1) is 0 Å².